The molecular weight excluding hydrogens is 479 g/mol. The molecule has 0 atom stereocenters. The van der Waals surface area contributed by atoms with Gasteiger partial charge in [0.1, 0.15) is 0 Å². The minimum atomic E-state index is -4.10. The molecule has 0 aliphatic carbocycles. The van der Waals surface area contributed by atoms with Gasteiger partial charge in [-0.25, -0.2) is 0 Å². The van der Waals surface area contributed by atoms with E-state index in [4.69, 9.17) is 0 Å². The number of likely N-dealkylation sites (tertiary alicyclic amines) is 1. The molecule has 4 heterocycles. The summed E-state index contributed by atoms with van der Waals surface area (Å²) >= 11 is 0. The summed E-state index contributed by atoms with van der Waals surface area (Å²) in [4.78, 5) is 21.3. The summed E-state index contributed by atoms with van der Waals surface area (Å²) in [5.41, 5.74) is 5.79. The van der Waals surface area contributed by atoms with Crippen molar-refractivity contribution in [2.75, 3.05) is 13.1 Å². The number of aryl methyl sites for hydroxylation is 1. The third kappa shape index (κ3) is 4.67. The maximum Gasteiger partial charge on any atom is 0.391 e. The number of rotatable bonds is 4. The highest BCUT2D eigenvalue weighted by Crippen LogP contribution is 2.34. The summed E-state index contributed by atoms with van der Waals surface area (Å²) in [5, 5.41) is 6.11. The number of nitrogens with one attached hydrogen (secondary N) is 2. The van der Waals surface area contributed by atoms with Gasteiger partial charge in [0.05, 0.1) is 23.4 Å². The van der Waals surface area contributed by atoms with Gasteiger partial charge < -0.3 is 9.97 Å². The fourth-order valence-corrected chi connectivity index (χ4v) is 5.26. The average molecular weight is 506 g/mol. The zero-order chi connectivity index (χ0) is 25.7. The van der Waals surface area contributed by atoms with Crippen molar-refractivity contribution in [2.45, 2.75) is 25.6 Å². The van der Waals surface area contributed by atoms with Crippen LogP contribution in [0.2, 0.25) is 0 Å². The highest BCUT2D eigenvalue weighted by molar-refractivity contribution is 5.90. The Kier molecular flexibility index (Phi) is 5.67. The van der Waals surface area contributed by atoms with Crippen molar-refractivity contribution in [1.82, 2.24) is 24.6 Å². The number of aromatic amines is 2. The first kappa shape index (κ1) is 23.5. The lowest BCUT2D eigenvalue weighted by atomic mass is 9.96. The second-order valence-electron chi connectivity index (χ2n) is 9.91. The zero-order valence-electron chi connectivity index (χ0n) is 20.3. The number of alkyl halides is 3. The van der Waals surface area contributed by atoms with E-state index in [1.54, 1.807) is 4.68 Å². The lowest BCUT2D eigenvalue weighted by Gasteiger charge is -2.32. The molecule has 1 fully saturated rings. The largest absolute Gasteiger partial charge is 0.391 e. The standard InChI is InChI=1S/C28H26F3N5O/c1-35-16-21(14-32-35)18-3-5-25-20(11-18)12-23(27(37)34-25)26-13-19-10-17(2-4-24(19)33-26)15-36-8-6-22(7-9-36)28(29,30)31/h2-5,10-14,16,22,33H,6-9,15H2,1H3,(H,34,37). The Bertz CT molecular complexity index is 1650. The van der Waals surface area contributed by atoms with E-state index in [0.717, 1.165) is 38.5 Å². The fraction of sp³-hybridized carbons (Fsp3) is 0.286. The molecule has 1 aliphatic heterocycles. The fourth-order valence-electron chi connectivity index (χ4n) is 5.26. The maximum absolute atomic E-state index is 13.0. The minimum Gasteiger partial charge on any atom is -0.354 e. The number of fused-ring (bicyclic) bond motifs is 2. The van der Waals surface area contributed by atoms with Gasteiger partial charge in [0.15, 0.2) is 0 Å². The molecule has 9 heteroatoms. The Morgan fingerprint density at radius 3 is 2.41 bits per heavy atom. The molecule has 5 aromatic rings. The van der Waals surface area contributed by atoms with Gasteiger partial charge in [0, 0.05) is 41.8 Å². The molecule has 6 nitrogen and oxygen atoms in total. The number of pyridine rings is 1. The van der Waals surface area contributed by atoms with Crippen LogP contribution in [0.15, 0.2) is 65.7 Å². The third-order valence-corrected chi connectivity index (χ3v) is 7.31. The molecule has 0 bridgehead atoms. The second-order valence-corrected chi connectivity index (χ2v) is 9.91. The molecule has 6 rings (SSSR count). The van der Waals surface area contributed by atoms with Crippen molar-refractivity contribution < 1.29 is 13.2 Å². The first-order chi connectivity index (χ1) is 17.7. The number of H-pyrrole nitrogens is 2. The van der Waals surface area contributed by atoms with Crippen LogP contribution in [-0.2, 0) is 13.6 Å². The number of hydrogen-bond acceptors (Lipinski definition) is 3. The summed E-state index contributed by atoms with van der Waals surface area (Å²) in [6.07, 6.45) is -0.0583. The van der Waals surface area contributed by atoms with E-state index in [1.165, 1.54) is 0 Å². The van der Waals surface area contributed by atoms with Crippen LogP contribution in [0.5, 0.6) is 0 Å². The van der Waals surface area contributed by atoms with Gasteiger partial charge >= 0.3 is 6.18 Å². The van der Waals surface area contributed by atoms with E-state index in [-0.39, 0.29) is 18.4 Å². The van der Waals surface area contributed by atoms with Gasteiger partial charge in [0.25, 0.3) is 5.56 Å². The minimum absolute atomic E-state index is 0.146. The smallest absolute Gasteiger partial charge is 0.354 e. The Labute approximate surface area is 210 Å². The van der Waals surface area contributed by atoms with E-state index in [0.29, 0.717) is 30.9 Å². The first-order valence-electron chi connectivity index (χ1n) is 12.3. The van der Waals surface area contributed by atoms with Gasteiger partial charge in [0.2, 0.25) is 0 Å². The summed E-state index contributed by atoms with van der Waals surface area (Å²) in [6, 6.07) is 15.7. The number of nitrogens with zero attached hydrogens (tertiary/aromatic N) is 3. The van der Waals surface area contributed by atoms with Gasteiger partial charge in [-0.05, 0) is 78.8 Å². The molecule has 0 unspecified atom stereocenters. The molecule has 1 saturated heterocycles. The van der Waals surface area contributed by atoms with Crippen LogP contribution in [0.3, 0.4) is 0 Å². The molecular formula is C28H26F3N5O. The van der Waals surface area contributed by atoms with Crippen LogP contribution >= 0.6 is 0 Å². The second kappa shape index (κ2) is 8.92. The van der Waals surface area contributed by atoms with Crippen LogP contribution < -0.4 is 5.56 Å². The Hall–Kier alpha value is -3.85. The van der Waals surface area contributed by atoms with E-state index in [2.05, 4.69) is 20.0 Å². The van der Waals surface area contributed by atoms with E-state index in [9.17, 15) is 18.0 Å². The van der Waals surface area contributed by atoms with Crippen LogP contribution in [0.25, 0.3) is 44.2 Å². The molecule has 0 saturated carbocycles. The summed E-state index contributed by atoms with van der Waals surface area (Å²) < 4.78 is 40.7. The van der Waals surface area contributed by atoms with Gasteiger partial charge in [-0.15, -0.1) is 0 Å². The Morgan fingerprint density at radius 1 is 0.946 bits per heavy atom. The normalized spacial score (nSPS) is 15.7. The van der Waals surface area contributed by atoms with Crippen LogP contribution in [0, 0.1) is 5.92 Å². The Morgan fingerprint density at radius 2 is 1.68 bits per heavy atom. The number of piperidine rings is 1. The zero-order valence-corrected chi connectivity index (χ0v) is 20.3. The molecule has 190 valence electrons. The third-order valence-electron chi connectivity index (χ3n) is 7.31. The number of halogens is 3. The van der Waals surface area contributed by atoms with Gasteiger partial charge in [-0.3, -0.25) is 14.4 Å². The highest BCUT2D eigenvalue weighted by atomic mass is 19.4. The lowest BCUT2D eigenvalue weighted by molar-refractivity contribution is -0.185. The molecule has 2 N–H and O–H groups in total. The summed E-state index contributed by atoms with van der Waals surface area (Å²) in [5.74, 6) is -1.20. The predicted molar refractivity (Wildman–Crippen MR) is 138 cm³/mol. The molecule has 0 spiro atoms. The number of aromatic nitrogens is 4. The summed E-state index contributed by atoms with van der Waals surface area (Å²) in [7, 11) is 1.87. The van der Waals surface area contributed by atoms with Crippen molar-refractivity contribution in [3.05, 3.63) is 76.8 Å². The van der Waals surface area contributed by atoms with E-state index < -0.39 is 12.1 Å². The van der Waals surface area contributed by atoms with E-state index in [1.807, 2.05) is 68.0 Å². The number of benzene rings is 2. The molecule has 1 aliphatic rings. The molecule has 0 amide bonds. The predicted octanol–water partition coefficient (Wildman–Crippen LogP) is 5.85. The quantitative estimate of drug-likeness (QED) is 0.322. The van der Waals surface area contributed by atoms with Crippen molar-refractivity contribution in [2.24, 2.45) is 13.0 Å². The van der Waals surface area contributed by atoms with Crippen molar-refractivity contribution >= 4 is 21.8 Å². The maximum atomic E-state index is 13.0. The van der Waals surface area contributed by atoms with Crippen LogP contribution in [0.4, 0.5) is 13.2 Å². The van der Waals surface area contributed by atoms with Crippen LogP contribution in [0.1, 0.15) is 18.4 Å². The Balaban J connectivity index is 1.26. The monoisotopic (exact) mass is 505 g/mol. The lowest BCUT2D eigenvalue weighted by Crippen LogP contribution is -2.38. The SMILES string of the molecule is Cn1cc(-c2ccc3[nH]c(=O)c(-c4cc5cc(CN6CCC(C(F)(F)F)CC6)ccc5[nH]4)cc3c2)cn1. The molecule has 0 radical (unpaired) electrons. The van der Waals surface area contributed by atoms with Crippen molar-refractivity contribution in [3.63, 3.8) is 0 Å². The topological polar surface area (TPSA) is 69.7 Å². The summed E-state index contributed by atoms with van der Waals surface area (Å²) in [6.45, 7) is 1.48. The van der Waals surface area contributed by atoms with Crippen LogP contribution in [-0.4, -0.2) is 43.9 Å². The highest BCUT2D eigenvalue weighted by Gasteiger charge is 2.40. The molecule has 2 aromatic carbocycles. The van der Waals surface area contributed by atoms with Gasteiger partial charge in [-0.2, -0.15) is 18.3 Å². The molecule has 3 aromatic heterocycles. The van der Waals surface area contributed by atoms with Gasteiger partial charge in [-0.1, -0.05) is 12.1 Å². The number of hydrogen-bond donors (Lipinski definition) is 2. The van der Waals surface area contributed by atoms with Crippen molar-refractivity contribution in [1.29, 1.82) is 0 Å². The van der Waals surface area contributed by atoms with Crippen molar-refractivity contribution in [3.8, 4) is 22.4 Å². The molecule has 37 heavy (non-hydrogen) atoms. The first-order valence-corrected chi connectivity index (χ1v) is 12.3. The average Bonchev–Trinajstić information content (AvgIpc) is 3.49. The van der Waals surface area contributed by atoms with E-state index >= 15 is 0 Å².